The number of hydrogen-bond acceptors (Lipinski definition) is 3. The first-order chi connectivity index (χ1) is 7.95. The van der Waals surface area contributed by atoms with Crippen molar-refractivity contribution in [2.45, 2.75) is 6.92 Å². The number of rotatable bonds is 2. The van der Waals surface area contributed by atoms with E-state index in [1.807, 2.05) is 0 Å². The molecule has 6 heteroatoms. The van der Waals surface area contributed by atoms with Gasteiger partial charge in [0.05, 0.1) is 10.0 Å². The number of carbonyl (C=O) groups is 1. The Morgan fingerprint density at radius 1 is 1.41 bits per heavy atom. The van der Waals surface area contributed by atoms with Crippen LogP contribution >= 0.6 is 23.2 Å². The smallest absolute Gasteiger partial charge is 0.269 e. The highest BCUT2D eigenvalue weighted by Gasteiger charge is 2.13. The molecule has 2 N–H and O–H groups in total. The van der Waals surface area contributed by atoms with Crippen molar-refractivity contribution in [3.63, 3.8) is 0 Å². The number of halogens is 2. The van der Waals surface area contributed by atoms with Gasteiger partial charge in [-0.25, -0.2) is 0 Å². The van der Waals surface area contributed by atoms with E-state index in [9.17, 15) is 4.79 Å². The van der Waals surface area contributed by atoms with E-state index in [1.54, 1.807) is 6.07 Å². The van der Waals surface area contributed by atoms with Crippen LogP contribution in [0.5, 0.6) is 0 Å². The fourth-order valence-corrected chi connectivity index (χ4v) is 1.36. The first-order valence-electron chi connectivity index (χ1n) is 4.52. The van der Waals surface area contributed by atoms with Crippen molar-refractivity contribution in [2.24, 2.45) is 0 Å². The van der Waals surface area contributed by atoms with Crippen LogP contribution in [0.4, 0.5) is 5.69 Å². The van der Waals surface area contributed by atoms with Gasteiger partial charge in [-0.3, -0.25) is 4.79 Å². The van der Waals surface area contributed by atoms with Crippen molar-refractivity contribution in [1.29, 1.82) is 5.26 Å². The Balaban J connectivity index is 2.93. The van der Waals surface area contributed by atoms with Crippen LogP contribution in [0.25, 0.3) is 0 Å². The van der Waals surface area contributed by atoms with Gasteiger partial charge in [-0.15, -0.1) is 0 Å². The molecule has 0 saturated carbocycles. The number of amides is 1. The average Bonchev–Trinajstić information content (AvgIpc) is 2.24. The monoisotopic (exact) mass is 270 g/mol. The molecule has 0 saturated heterocycles. The second kappa shape index (κ2) is 5.58. The Hall–Kier alpha value is -1.70. The van der Waals surface area contributed by atoms with Crippen LogP contribution in [0.15, 0.2) is 29.5 Å². The molecule has 0 unspecified atom stereocenters. The first-order valence-corrected chi connectivity index (χ1v) is 5.27. The predicted octanol–water partition coefficient (Wildman–Crippen LogP) is 3.29. The number of nitrogens with one attached hydrogen (secondary N) is 1. The number of nitriles is 1. The number of aliphatic hydroxyl groups excluding tert-OH is 1. The Morgan fingerprint density at radius 2 is 2.06 bits per heavy atom. The largest absolute Gasteiger partial charge is 0.511 e. The van der Waals surface area contributed by atoms with Gasteiger partial charge >= 0.3 is 0 Å². The van der Waals surface area contributed by atoms with E-state index in [0.717, 1.165) is 0 Å². The maximum Gasteiger partial charge on any atom is 0.269 e. The number of anilines is 1. The summed E-state index contributed by atoms with van der Waals surface area (Å²) in [6.07, 6.45) is 0. The third-order valence-corrected chi connectivity index (χ3v) is 2.62. The minimum Gasteiger partial charge on any atom is -0.511 e. The van der Waals surface area contributed by atoms with Crippen molar-refractivity contribution in [3.8, 4) is 6.07 Å². The number of aliphatic hydroxyl groups is 1. The lowest BCUT2D eigenvalue weighted by atomic mass is 10.2. The van der Waals surface area contributed by atoms with Crippen LogP contribution in [0.1, 0.15) is 6.92 Å². The Labute approximate surface area is 108 Å². The molecule has 17 heavy (non-hydrogen) atoms. The zero-order chi connectivity index (χ0) is 13.0. The van der Waals surface area contributed by atoms with E-state index in [-0.39, 0.29) is 16.4 Å². The average molecular weight is 271 g/mol. The molecule has 4 nitrogen and oxygen atoms in total. The number of hydrogen-bond donors (Lipinski definition) is 2. The molecular weight excluding hydrogens is 263 g/mol. The summed E-state index contributed by atoms with van der Waals surface area (Å²) in [6, 6.07) is 6.10. The summed E-state index contributed by atoms with van der Waals surface area (Å²) >= 11 is 11.5. The Morgan fingerprint density at radius 3 is 2.53 bits per heavy atom. The van der Waals surface area contributed by atoms with E-state index >= 15 is 0 Å². The summed E-state index contributed by atoms with van der Waals surface area (Å²) < 4.78 is 0. The van der Waals surface area contributed by atoms with Gasteiger partial charge in [-0.2, -0.15) is 5.26 Å². The van der Waals surface area contributed by atoms with Crippen molar-refractivity contribution in [2.75, 3.05) is 5.32 Å². The molecule has 88 valence electrons. The zero-order valence-electron chi connectivity index (χ0n) is 8.79. The third-order valence-electron chi connectivity index (χ3n) is 1.88. The zero-order valence-corrected chi connectivity index (χ0v) is 10.3. The molecule has 0 bridgehead atoms. The number of allylic oxidation sites excluding steroid dienone is 1. The Kier molecular flexibility index (Phi) is 4.38. The molecule has 1 aromatic rings. The van der Waals surface area contributed by atoms with Gasteiger partial charge in [0, 0.05) is 5.69 Å². The summed E-state index contributed by atoms with van der Waals surface area (Å²) in [7, 11) is 0. The lowest BCUT2D eigenvalue weighted by Gasteiger charge is -2.05. The first kappa shape index (κ1) is 13.4. The fraction of sp³-hybridized carbons (Fsp3) is 0.0909. The highest BCUT2D eigenvalue weighted by Crippen LogP contribution is 2.25. The SMILES string of the molecule is C/C(O)=C(\C#N)C(=O)Nc1ccc(Cl)c(Cl)c1. The minimum atomic E-state index is -0.703. The summed E-state index contributed by atoms with van der Waals surface area (Å²) in [4.78, 5) is 11.6. The molecule has 1 rings (SSSR count). The third kappa shape index (κ3) is 3.38. The molecule has 0 aliphatic carbocycles. The van der Waals surface area contributed by atoms with E-state index in [2.05, 4.69) is 5.32 Å². The van der Waals surface area contributed by atoms with Gasteiger partial charge in [0.25, 0.3) is 5.91 Å². The molecule has 1 aromatic carbocycles. The van der Waals surface area contributed by atoms with Gasteiger partial charge in [-0.1, -0.05) is 23.2 Å². The molecule has 0 spiro atoms. The lowest BCUT2D eigenvalue weighted by Crippen LogP contribution is -2.14. The maximum atomic E-state index is 11.6. The van der Waals surface area contributed by atoms with E-state index in [4.69, 9.17) is 33.6 Å². The highest BCUT2D eigenvalue weighted by molar-refractivity contribution is 6.42. The maximum absolute atomic E-state index is 11.6. The van der Waals surface area contributed by atoms with Crippen molar-refractivity contribution in [3.05, 3.63) is 39.6 Å². The molecule has 0 heterocycles. The molecule has 1 amide bonds. The number of nitrogens with zero attached hydrogens (tertiary/aromatic N) is 1. The van der Waals surface area contributed by atoms with Gasteiger partial charge in [0.2, 0.25) is 0 Å². The fourth-order valence-electron chi connectivity index (χ4n) is 1.06. The molecule has 0 aliphatic heterocycles. The van der Waals surface area contributed by atoms with E-state index < -0.39 is 5.91 Å². The summed E-state index contributed by atoms with van der Waals surface area (Å²) in [5, 5.41) is 20.8. The second-order valence-electron chi connectivity index (χ2n) is 3.16. The van der Waals surface area contributed by atoms with Gasteiger partial charge in [0.1, 0.15) is 11.8 Å². The topological polar surface area (TPSA) is 73.1 Å². The molecule has 0 atom stereocenters. The number of benzene rings is 1. The normalized spacial score (nSPS) is 11.4. The van der Waals surface area contributed by atoms with E-state index in [0.29, 0.717) is 10.7 Å². The van der Waals surface area contributed by atoms with Gasteiger partial charge in [-0.05, 0) is 25.1 Å². The molecule has 0 fully saturated rings. The van der Waals surface area contributed by atoms with Crippen molar-refractivity contribution in [1.82, 2.24) is 0 Å². The minimum absolute atomic E-state index is 0.285. The number of carbonyl (C=O) groups excluding carboxylic acids is 1. The highest BCUT2D eigenvalue weighted by atomic mass is 35.5. The van der Waals surface area contributed by atoms with Crippen LogP contribution in [0.2, 0.25) is 10.0 Å². The summed E-state index contributed by atoms with van der Waals surface area (Å²) in [6.45, 7) is 1.26. The quantitative estimate of drug-likeness (QED) is 0.492. The molecule has 0 aromatic heterocycles. The van der Waals surface area contributed by atoms with Crippen LogP contribution in [0, 0.1) is 11.3 Å². The van der Waals surface area contributed by atoms with Gasteiger partial charge in [0.15, 0.2) is 5.57 Å². The summed E-state index contributed by atoms with van der Waals surface area (Å²) in [5.41, 5.74) is 0.0365. The van der Waals surface area contributed by atoms with Crippen LogP contribution in [0.3, 0.4) is 0 Å². The van der Waals surface area contributed by atoms with Crippen molar-refractivity contribution >= 4 is 34.8 Å². The van der Waals surface area contributed by atoms with Crippen LogP contribution in [-0.2, 0) is 4.79 Å². The standard InChI is InChI=1S/C11H8Cl2N2O2/c1-6(16)8(5-14)11(17)15-7-2-3-9(12)10(13)4-7/h2-4,16H,1H3,(H,15,17)/b8-6-. The van der Waals surface area contributed by atoms with Crippen molar-refractivity contribution < 1.29 is 9.90 Å². The van der Waals surface area contributed by atoms with E-state index in [1.165, 1.54) is 25.1 Å². The second-order valence-corrected chi connectivity index (χ2v) is 3.97. The Bertz CT molecular complexity index is 529. The lowest BCUT2D eigenvalue weighted by molar-refractivity contribution is -0.112. The molecule has 0 radical (unpaired) electrons. The molecular formula is C11H8Cl2N2O2. The van der Waals surface area contributed by atoms with Crippen LogP contribution in [-0.4, -0.2) is 11.0 Å². The summed E-state index contributed by atoms with van der Waals surface area (Å²) in [5.74, 6) is -1.05. The predicted molar refractivity (Wildman–Crippen MR) is 66.0 cm³/mol. The van der Waals surface area contributed by atoms with Gasteiger partial charge < -0.3 is 10.4 Å². The molecule has 0 aliphatic rings. The van der Waals surface area contributed by atoms with Crippen LogP contribution < -0.4 is 5.32 Å².